The van der Waals surface area contributed by atoms with E-state index in [0.29, 0.717) is 0 Å². The van der Waals surface area contributed by atoms with Crippen molar-refractivity contribution in [2.75, 3.05) is 0 Å². The van der Waals surface area contributed by atoms with Crippen LogP contribution >= 0.6 is 0 Å². The molecule has 0 atom stereocenters. The largest absolute Gasteiger partial charge is 0.437 e. The molecule has 1 aromatic heterocycles. The number of aromatic nitrogens is 1. The van der Waals surface area contributed by atoms with Crippen molar-refractivity contribution in [2.45, 2.75) is 6.10 Å². The van der Waals surface area contributed by atoms with E-state index in [1.807, 2.05) is 84.9 Å². The molecule has 3 heteroatoms. The number of benzene rings is 3. The highest BCUT2D eigenvalue weighted by molar-refractivity contribution is 5.72. The molecule has 0 spiro atoms. The summed E-state index contributed by atoms with van der Waals surface area (Å²) in [6.07, 6.45) is 0.0226. The molecule has 0 bridgehead atoms. The van der Waals surface area contributed by atoms with Crippen molar-refractivity contribution in [3.8, 4) is 6.08 Å². The lowest BCUT2D eigenvalue weighted by atomic mass is 10.0. The molecular weight excluding hydrogens is 286 g/mol. The average molecular weight is 301 g/mol. The third-order valence-corrected chi connectivity index (χ3v) is 3.70. The van der Waals surface area contributed by atoms with Crippen molar-refractivity contribution in [3.05, 3.63) is 96.1 Å². The molecular formula is C20H15NO2. The monoisotopic (exact) mass is 301 g/mol. The van der Waals surface area contributed by atoms with Crippen LogP contribution in [0.1, 0.15) is 17.2 Å². The van der Waals surface area contributed by atoms with E-state index in [1.165, 1.54) is 0 Å². The molecule has 0 N–H and O–H groups in total. The van der Waals surface area contributed by atoms with Crippen LogP contribution in [0, 0.1) is 0 Å². The second-order valence-corrected chi connectivity index (χ2v) is 5.27. The highest BCUT2D eigenvalue weighted by atomic mass is 16.6. The fourth-order valence-electron chi connectivity index (χ4n) is 2.59. The lowest BCUT2D eigenvalue weighted by Crippen LogP contribution is -2.09. The van der Waals surface area contributed by atoms with E-state index < -0.39 is 0 Å². The molecule has 0 aliphatic heterocycles. The van der Waals surface area contributed by atoms with Gasteiger partial charge in [-0.25, -0.2) is 0 Å². The van der Waals surface area contributed by atoms with E-state index in [-0.39, 0.29) is 12.2 Å². The van der Waals surface area contributed by atoms with Crippen LogP contribution in [0.2, 0.25) is 0 Å². The zero-order valence-electron chi connectivity index (χ0n) is 12.4. The zero-order valence-corrected chi connectivity index (χ0v) is 12.4. The molecule has 0 unspecified atom stereocenters. The molecule has 0 amide bonds. The minimum atomic E-state index is -0.259. The van der Waals surface area contributed by atoms with Crippen LogP contribution in [0.25, 0.3) is 11.1 Å². The Morgan fingerprint density at radius 1 is 0.696 bits per heavy atom. The summed E-state index contributed by atoms with van der Waals surface area (Å²) in [5, 5.41) is 0. The fourth-order valence-corrected chi connectivity index (χ4v) is 2.59. The summed E-state index contributed by atoms with van der Waals surface area (Å²) in [6, 6.07) is 27.8. The Balaban J connectivity index is 1.73. The summed E-state index contributed by atoms with van der Waals surface area (Å²) in [6.45, 7) is 0. The first-order chi connectivity index (χ1) is 11.4. The Morgan fingerprint density at radius 3 is 1.87 bits per heavy atom. The number of rotatable bonds is 4. The van der Waals surface area contributed by atoms with Gasteiger partial charge in [0.1, 0.15) is 5.52 Å². The van der Waals surface area contributed by atoms with Crippen molar-refractivity contribution in [3.63, 3.8) is 0 Å². The van der Waals surface area contributed by atoms with Crippen molar-refractivity contribution < 1.29 is 9.15 Å². The van der Waals surface area contributed by atoms with Crippen LogP contribution in [0.15, 0.2) is 89.3 Å². The smallest absolute Gasteiger partial charge is 0.395 e. The summed E-state index contributed by atoms with van der Waals surface area (Å²) in [4.78, 5) is 4.41. The van der Waals surface area contributed by atoms with Crippen LogP contribution in [-0.2, 0) is 0 Å². The predicted octanol–water partition coefficient (Wildman–Crippen LogP) is 5.00. The van der Waals surface area contributed by atoms with Gasteiger partial charge in [0.2, 0.25) is 0 Å². The first-order valence-corrected chi connectivity index (χ1v) is 7.52. The lowest BCUT2D eigenvalue weighted by Gasteiger charge is -2.17. The minimum Gasteiger partial charge on any atom is -0.437 e. The first-order valence-electron chi connectivity index (χ1n) is 7.52. The second kappa shape index (κ2) is 5.97. The van der Waals surface area contributed by atoms with E-state index in [4.69, 9.17) is 9.15 Å². The van der Waals surface area contributed by atoms with Crippen molar-refractivity contribution in [1.29, 1.82) is 0 Å². The Morgan fingerprint density at radius 2 is 1.26 bits per heavy atom. The van der Waals surface area contributed by atoms with Crippen LogP contribution in [0.5, 0.6) is 6.08 Å². The Bertz CT molecular complexity index is 828. The van der Waals surface area contributed by atoms with Gasteiger partial charge in [0.15, 0.2) is 11.7 Å². The predicted molar refractivity (Wildman–Crippen MR) is 89.4 cm³/mol. The summed E-state index contributed by atoms with van der Waals surface area (Å²) in [5.41, 5.74) is 3.63. The van der Waals surface area contributed by atoms with Crippen LogP contribution in [0.3, 0.4) is 0 Å². The molecule has 0 fully saturated rings. The molecule has 0 saturated heterocycles. The number of para-hydroxylation sites is 2. The third-order valence-electron chi connectivity index (χ3n) is 3.70. The highest BCUT2D eigenvalue weighted by Gasteiger charge is 2.18. The number of ether oxygens (including phenoxy) is 1. The van der Waals surface area contributed by atoms with Crippen LogP contribution in [0.4, 0.5) is 0 Å². The number of nitrogens with zero attached hydrogens (tertiary/aromatic N) is 1. The Labute approximate surface area is 134 Å². The van der Waals surface area contributed by atoms with Gasteiger partial charge in [0, 0.05) is 0 Å². The van der Waals surface area contributed by atoms with Gasteiger partial charge in [0.05, 0.1) is 0 Å². The van der Waals surface area contributed by atoms with Gasteiger partial charge in [-0.3, -0.25) is 0 Å². The zero-order chi connectivity index (χ0) is 15.5. The standard InChI is InChI=1S/C20H15NO2/c1-3-9-15(10-4-1)19(16-11-5-2-6-12-16)23-20-21-17-13-7-8-14-18(17)22-20/h1-14,19H. The molecule has 4 rings (SSSR count). The van der Waals surface area contributed by atoms with E-state index in [1.54, 1.807) is 0 Å². The molecule has 1 heterocycles. The summed E-state index contributed by atoms with van der Waals surface area (Å²) < 4.78 is 11.8. The van der Waals surface area contributed by atoms with Gasteiger partial charge < -0.3 is 9.15 Å². The Hall–Kier alpha value is -3.07. The lowest BCUT2D eigenvalue weighted by molar-refractivity contribution is 0.183. The topological polar surface area (TPSA) is 35.3 Å². The summed E-state index contributed by atoms with van der Waals surface area (Å²) in [7, 11) is 0. The molecule has 3 nitrogen and oxygen atoms in total. The maximum Gasteiger partial charge on any atom is 0.395 e. The van der Waals surface area contributed by atoms with Crippen LogP contribution in [-0.4, -0.2) is 4.98 Å². The highest BCUT2D eigenvalue weighted by Crippen LogP contribution is 2.29. The average Bonchev–Trinajstić information content (AvgIpc) is 3.04. The molecule has 0 radical (unpaired) electrons. The van der Waals surface area contributed by atoms with Crippen molar-refractivity contribution in [2.24, 2.45) is 0 Å². The van der Waals surface area contributed by atoms with Gasteiger partial charge in [-0.15, -0.1) is 0 Å². The number of hydrogen-bond acceptors (Lipinski definition) is 3. The quantitative estimate of drug-likeness (QED) is 0.532. The summed E-state index contributed by atoms with van der Waals surface area (Å²) in [5.74, 6) is 0. The number of hydrogen-bond donors (Lipinski definition) is 0. The molecule has 0 aliphatic rings. The van der Waals surface area contributed by atoms with E-state index >= 15 is 0 Å². The molecule has 0 aliphatic carbocycles. The van der Waals surface area contributed by atoms with Crippen molar-refractivity contribution in [1.82, 2.24) is 4.98 Å². The normalized spacial score (nSPS) is 11.0. The van der Waals surface area contributed by atoms with Crippen molar-refractivity contribution >= 4 is 11.1 Å². The SMILES string of the molecule is c1ccc(C(Oc2nc3ccccc3o2)c2ccccc2)cc1. The van der Waals surface area contributed by atoms with E-state index in [2.05, 4.69) is 4.98 Å². The fraction of sp³-hybridized carbons (Fsp3) is 0.0500. The van der Waals surface area contributed by atoms with Gasteiger partial charge in [-0.2, -0.15) is 4.98 Å². The Kier molecular flexibility index (Phi) is 3.53. The van der Waals surface area contributed by atoms with E-state index in [9.17, 15) is 0 Å². The van der Waals surface area contributed by atoms with Gasteiger partial charge >= 0.3 is 6.08 Å². The van der Waals surface area contributed by atoms with Gasteiger partial charge in [0.25, 0.3) is 0 Å². The van der Waals surface area contributed by atoms with Gasteiger partial charge in [-0.05, 0) is 23.3 Å². The number of oxazole rings is 1. The third kappa shape index (κ3) is 2.81. The van der Waals surface area contributed by atoms with E-state index in [0.717, 1.165) is 22.2 Å². The number of fused-ring (bicyclic) bond motifs is 1. The second-order valence-electron chi connectivity index (χ2n) is 5.27. The van der Waals surface area contributed by atoms with Crippen LogP contribution < -0.4 is 4.74 Å². The molecule has 0 saturated carbocycles. The molecule has 3 aromatic carbocycles. The maximum atomic E-state index is 6.09. The molecule has 112 valence electrons. The minimum absolute atomic E-state index is 0.259. The van der Waals surface area contributed by atoms with Gasteiger partial charge in [-0.1, -0.05) is 72.8 Å². The summed E-state index contributed by atoms with van der Waals surface area (Å²) >= 11 is 0. The molecule has 4 aromatic rings. The first kappa shape index (κ1) is 13.6. The maximum absolute atomic E-state index is 6.09. The molecule has 23 heavy (non-hydrogen) atoms.